The SMILES string of the molecule is CCCCCCCCCCCCCCCCOc1ccc(C(=O)Oc2ccc(N=Nc3ccc(OCCCC)cc3)c3ccccc23)cc1. The molecule has 0 heterocycles. The van der Waals surface area contributed by atoms with Gasteiger partial charge in [-0.3, -0.25) is 0 Å². The van der Waals surface area contributed by atoms with E-state index in [1.807, 2.05) is 66.7 Å². The third-order valence-corrected chi connectivity index (χ3v) is 8.80. The summed E-state index contributed by atoms with van der Waals surface area (Å²) >= 11 is 0. The Morgan fingerprint density at radius 1 is 0.510 bits per heavy atom. The van der Waals surface area contributed by atoms with Crippen LogP contribution in [0.5, 0.6) is 17.2 Å². The number of nitrogens with zero attached hydrogens (tertiary/aromatic N) is 2. The van der Waals surface area contributed by atoms with E-state index in [1.54, 1.807) is 18.2 Å². The molecule has 4 aromatic rings. The number of carbonyl (C=O) groups excluding carboxylic acids is 1. The molecule has 0 aliphatic heterocycles. The van der Waals surface area contributed by atoms with E-state index in [-0.39, 0.29) is 0 Å². The lowest BCUT2D eigenvalue weighted by Crippen LogP contribution is -2.08. The molecule has 0 aliphatic rings. The van der Waals surface area contributed by atoms with Crippen molar-refractivity contribution in [1.29, 1.82) is 0 Å². The first-order valence-corrected chi connectivity index (χ1v) is 18.8. The second kappa shape index (κ2) is 22.4. The monoisotopic (exact) mass is 664 g/mol. The highest BCUT2D eigenvalue weighted by Crippen LogP contribution is 2.35. The molecule has 0 bridgehead atoms. The molecule has 0 saturated carbocycles. The van der Waals surface area contributed by atoms with Gasteiger partial charge in [0.25, 0.3) is 0 Å². The minimum atomic E-state index is -0.417. The van der Waals surface area contributed by atoms with Gasteiger partial charge < -0.3 is 14.2 Å². The van der Waals surface area contributed by atoms with Crippen LogP contribution in [0.1, 0.15) is 127 Å². The molecule has 0 spiro atoms. The molecule has 0 unspecified atom stereocenters. The van der Waals surface area contributed by atoms with E-state index in [2.05, 4.69) is 24.1 Å². The molecule has 0 radical (unpaired) electrons. The lowest BCUT2D eigenvalue weighted by molar-refractivity contribution is 0.0737. The summed E-state index contributed by atoms with van der Waals surface area (Å²) in [5, 5.41) is 10.6. The van der Waals surface area contributed by atoms with Crippen LogP contribution in [0.25, 0.3) is 10.8 Å². The van der Waals surface area contributed by atoms with Crippen LogP contribution in [0, 0.1) is 0 Å². The Morgan fingerprint density at radius 3 is 1.61 bits per heavy atom. The molecule has 0 aromatic heterocycles. The highest BCUT2D eigenvalue weighted by atomic mass is 16.5. The highest BCUT2D eigenvalue weighted by Gasteiger charge is 2.13. The fraction of sp³-hybridized carbons (Fsp3) is 0.465. The number of ether oxygens (including phenoxy) is 3. The van der Waals surface area contributed by atoms with E-state index in [1.165, 1.54) is 83.5 Å². The quantitative estimate of drug-likeness (QED) is 0.0323. The fourth-order valence-corrected chi connectivity index (χ4v) is 5.82. The summed E-state index contributed by atoms with van der Waals surface area (Å²) in [5.74, 6) is 1.65. The van der Waals surface area contributed by atoms with Gasteiger partial charge in [-0.1, -0.05) is 128 Å². The molecule has 4 rings (SSSR count). The van der Waals surface area contributed by atoms with Gasteiger partial charge in [0.1, 0.15) is 17.2 Å². The highest BCUT2D eigenvalue weighted by molar-refractivity contribution is 5.99. The van der Waals surface area contributed by atoms with Gasteiger partial charge in [-0.2, -0.15) is 5.11 Å². The first kappa shape index (κ1) is 37.6. The van der Waals surface area contributed by atoms with E-state index < -0.39 is 5.97 Å². The van der Waals surface area contributed by atoms with Crippen molar-refractivity contribution in [2.24, 2.45) is 10.2 Å². The number of carbonyl (C=O) groups is 1. The number of fused-ring (bicyclic) bond motifs is 1. The van der Waals surface area contributed by atoms with Gasteiger partial charge in [0.05, 0.1) is 30.2 Å². The maximum atomic E-state index is 13.1. The molecule has 0 aliphatic carbocycles. The molecule has 0 N–H and O–H groups in total. The molecule has 6 heteroatoms. The van der Waals surface area contributed by atoms with Gasteiger partial charge in [-0.25, -0.2) is 4.79 Å². The lowest BCUT2D eigenvalue weighted by atomic mass is 10.0. The van der Waals surface area contributed by atoms with Gasteiger partial charge in [-0.15, -0.1) is 5.11 Å². The van der Waals surface area contributed by atoms with Crippen LogP contribution in [0.2, 0.25) is 0 Å². The maximum Gasteiger partial charge on any atom is 0.343 e. The number of benzene rings is 4. The van der Waals surface area contributed by atoms with Gasteiger partial charge in [0.2, 0.25) is 0 Å². The zero-order valence-corrected chi connectivity index (χ0v) is 29.8. The van der Waals surface area contributed by atoms with E-state index in [0.717, 1.165) is 47.2 Å². The fourth-order valence-electron chi connectivity index (χ4n) is 5.82. The summed E-state index contributed by atoms with van der Waals surface area (Å²) < 4.78 is 17.5. The van der Waals surface area contributed by atoms with Crippen LogP contribution in [0.4, 0.5) is 11.4 Å². The lowest BCUT2D eigenvalue weighted by Gasteiger charge is -2.10. The van der Waals surface area contributed by atoms with Crippen molar-refractivity contribution in [2.45, 2.75) is 117 Å². The van der Waals surface area contributed by atoms with Crippen molar-refractivity contribution < 1.29 is 19.0 Å². The Balaban J connectivity index is 1.17. The minimum Gasteiger partial charge on any atom is -0.494 e. The van der Waals surface area contributed by atoms with E-state index >= 15 is 0 Å². The van der Waals surface area contributed by atoms with Crippen LogP contribution in [0.3, 0.4) is 0 Å². The third kappa shape index (κ3) is 13.7. The van der Waals surface area contributed by atoms with Crippen molar-refractivity contribution in [3.63, 3.8) is 0 Å². The summed E-state index contributed by atoms with van der Waals surface area (Å²) in [7, 11) is 0. The average molecular weight is 665 g/mol. The standard InChI is InChI=1S/C43H56N2O4/c1-3-5-7-8-9-10-11-12-13-14-15-16-17-20-34-48-37-27-23-35(24-28-37)43(46)49-42-32-31-41(39-21-18-19-22-40(39)42)45-44-36-25-29-38(30-26-36)47-33-6-4-2/h18-19,21-32H,3-17,20,33-34H2,1-2H3. The minimum absolute atomic E-state index is 0.417. The van der Waals surface area contributed by atoms with Crippen molar-refractivity contribution in [3.05, 3.63) is 90.5 Å². The van der Waals surface area contributed by atoms with Gasteiger partial charge in [-0.05, 0) is 73.5 Å². The first-order chi connectivity index (χ1) is 24.2. The summed E-state index contributed by atoms with van der Waals surface area (Å²) in [6, 6.07) is 26.1. The largest absolute Gasteiger partial charge is 0.494 e. The van der Waals surface area contributed by atoms with E-state index in [9.17, 15) is 4.79 Å². The summed E-state index contributed by atoms with van der Waals surface area (Å²) in [6.07, 6.45) is 20.9. The van der Waals surface area contributed by atoms with Crippen LogP contribution < -0.4 is 14.2 Å². The molecule has 262 valence electrons. The summed E-state index contributed by atoms with van der Waals surface area (Å²) in [5.41, 5.74) is 1.90. The number of hydrogen-bond donors (Lipinski definition) is 0. The Bertz CT molecular complexity index is 1530. The number of esters is 1. The summed E-state index contributed by atoms with van der Waals surface area (Å²) in [4.78, 5) is 13.1. The maximum absolute atomic E-state index is 13.1. The molecular formula is C43H56N2O4. The van der Waals surface area contributed by atoms with Crippen molar-refractivity contribution in [1.82, 2.24) is 0 Å². The second-order valence-corrected chi connectivity index (χ2v) is 12.9. The van der Waals surface area contributed by atoms with Crippen molar-refractivity contribution in [2.75, 3.05) is 13.2 Å². The van der Waals surface area contributed by atoms with Crippen molar-refractivity contribution >= 4 is 28.1 Å². The third-order valence-electron chi connectivity index (χ3n) is 8.80. The molecule has 0 atom stereocenters. The van der Waals surface area contributed by atoms with Gasteiger partial charge >= 0.3 is 5.97 Å². The predicted molar refractivity (Wildman–Crippen MR) is 202 cm³/mol. The molecule has 4 aromatic carbocycles. The van der Waals surface area contributed by atoms with Crippen LogP contribution in [-0.2, 0) is 0 Å². The molecule has 0 amide bonds. The molecule has 0 fully saturated rings. The smallest absolute Gasteiger partial charge is 0.343 e. The van der Waals surface area contributed by atoms with Gasteiger partial charge in [0, 0.05) is 10.8 Å². The molecule has 0 saturated heterocycles. The average Bonchev–Trinajstić information content (AvgIpc) is 3.14. The van der Waals surface area contributed by atoms with Crippen molar-refractivity contribution in [3.8, 4) is 17.2 Å². The van der Waals surface area contributed by atoms with Crippen LogP contribution in [0.15, 0.2) is 95.2 Å². The summed E-state index contributed by atoms with van der Waals surface area (Å²) in [6.45, 7) is 5.82. The Labute approximate surface area is 294 Å². The zero-order valence-electron chi connectivity index (χ0n) is 29.8. The number of rotatable bonds is 24. The van der Waals surface area contributed by atoms with Crippen LogP contribution in [-0.4, -0.2) is 19.2 Å². The molecular weight excluding hydrogens is 608 g/mol. The topological polar surface area (TPSA) is 69.5 Å². The number of azo groups is 1. The second-order valence-electron chi connectivity index (χ2n) is 12.9. The Kier molecular flexibility index (Phi) is 17.2. The molecule has 6 nitrogen and oxygen atoms in total. The Morgan fingerprint density at radius 2 is 1.02 bits per heavy atom. The van der Waals surface area contributed by atoms with E-state index in [4.69, 9.17) is 14.2 Å². The molecule has 49 heavy (non-hydrogen) atoms. The zero-order chi connectivity index (χ0) is 34.4. The van der Waals surface area contributed by atoms with E-state index in [0.29, 0.717) is 30.2 Å². The van der Waals surface area contributed by atoms with Gasteiger partial charge in [0.15, 0.2) is 0 Å². The number of hydrogen-bond acceptors (Lipinski definition) is 6. The number of unbranched alkanes of at least 4 members (excludes halogenated alkanes) is 14. The first-order valence-electron chi connectivity index (χ1n) is 18.8. The predicted octanol–water partition coefficient (Wildman–Crippen LogP) is 13.5. The van der Waals surface area contributed by atoms with Crippen LogP contribution >= 0.6 is 0 Å². The normalized spacial score (nSPS) is 11.3. The Hall–Kier alpha value is -4.19.